The Kier molecular flexibility index (Phi) is 1.25. The van der Waals surface area contributed by atoms with Crippen molar-refractivity contribution in [2.75, 3.05) is 13.2 Å². The fourth-order valence-electron chi connectivity index (χ4n) is 0.509. The third-order valence-electron chi connectivity index (χ3n) is 0.834. The second-order valence-electron chi connectivity index (χ2n) is 1.33. The first-order valence-electron chi connectivity index (χ1n) is 2.18. The fourth-order valence-corrected chi connectivity index (χ4v) is 0.509. The second-order valence-corrected chi connectivity index (χ2v) is 1.33. The molecule has 0 radical (unpaired) electrons. The van der Waals surface area contributed by atoms with Gasteiger partial charge in [-0.2, -0.15) is 5.26 Å². The zero-order chi connectivity index (χ0) is 5.11. The highest BCUT2D eigenvalue weighted by molar-refractivity contribution is 4.84. The van der Waals surface area contributed by atoms with Crippen molar-refractivity contribution in [2.45, 2.75) is 6.23 Å². The van der Waals surface area contributed by atoms with Gasteiger partial charge in [0.25, 0.3) is 0 Å². The van der Waals surface area contributed by atoms with Crippen molar-refractivity contribution in [1.82, 2.24) is 5.32 Å². The predicted octanol–water partition coefficient (Wildman–Crippen LogP) is -0.544. The molecule has 0 spiro atoms. The molecule has 0 saturated carbocycles. The monoisotopic (exact) mass is 98.0 g/mol. The second kappa shape index (κ2) is 1.92. The summed E-state index contributed by atoms with van der Waals surface area (Å²) in [4.78, 5) is 0. The smallest absolute Gasteiger partial charge is 0.197 e. The number of rotatable bonds is 0. The summed E-state index contributed by atoms with van der Waals surface area (Å²) in [5.74, 6) is 0. The predicted molar refractivity (Wildman–Crippen MR) is 23.4 cm³/mol. The maximum absolute atomic E-state index is 8.13. The first-order chi connectivity index (χ1) is 3.43. The van der Waals surface area contributed by atoms with E-state index in [0.29, 0.717) is 6.61 Å². The van der Waals surface area contributed by atoms with Gasteiger partial charge in [-0.1, -0.05) is 0 Å². The molecular weight excluding hydrogens is 92.1 g/mol. The number of nitrogens with one attached hydrogen (secondary N) is 1. The van der Waals surface area contributed by atoms with E-state index in [1.807, 2.05) is 6.07 Å². The molecule has 1 aliphatic heterocycles. The van der Waals surface area contributed by atoms with E-state index >= 15 is 0 Å². The minimum Gasteiger partial charge on any atom is -0.349 e. The maximum Gasteiger partial charge on any atom is 0.197 e. The third kappa shape index (κ3) is 0.889. The Bertz CT molecular complexity index is 90.4. The summed E-state index contributed by atoms with van der Waals surface area (Å²) in [6.07, 6.45) is -0.347. The van der Waals surface area contributed by atoms with E-state index in [-0.39, 0.29) is 6.23 Å². The van der Waals surface area contributed by atoms with Gasteiger partial charge in [0.2, 0.25) is 0 Å². The van der Waals surface area contributed by atoms with E-state index in [0.717, 1.165) is 6.54 Å². The molecule has 1 atom stereocenters. The van der Waals surface area contributed by atoms with Crippen molar-refractivity contribution in [2.24, 2.45) is 0 Å². The molecule has 7 heavy (non-hydrogen) atoms. The molecule has 3 nitrogen and oxygen atoms in total. The molecular formula is C4H6N2O. The van der Waals surface area contributed by atoms with Gasteiger partial charge in [-0.15, -0.1) is 0 Å². The fraction of sp³-hybridized carbons (Fsp3) is 0.750. The van der Waals surface area contributed by atoms with E-state index in [9.17, 15) is 0 Å². The average molecular weight is 98.1 g/mol. The lowest BCUT2D eigenvalue weighted by molar-refractivity contribution is 0.143. The molecule has 1 heterocycles. The molecule has 3 heteroatoms. The summed E-state index contributed by atoms with van der Waals surface area (Å²) in [6.45, 7) is 1.47. The van der Waals surface area contributed by atoms with Crippen LogP contribution in [0, 0.1) is 11.3 Å². The minimum absolute atomic E-state index is 0.347. The largest absolute Gasteiger partial charge is 0.349 e. The highest BCUT2D eigenvalue weighted by atomic mass is 16.5. The van der Waals surface area contributed by atoms with E-state index < -0.39 is 0 Å². The number of nitrogens with zero attached hydrogens (tertiary/aromatic N) is 1. The normalized spacial score (nSPS) is 29.9. The summed E-state index contributed by atoms with van der Waals surface area (Å²) in [7, 11) is 0. The summed E-state index contributed by atoms with van der Waals surface area (Å²) >= 11 is 0. The Hall–Kier alpha value is -0.590. The number of ether oxygens (including phenoxy) is 1. The molecule has 0 aromatic heterocycles. The Labute approximate surface area is 41.9 Å². The summed E-state index contributed by atoms with van der Waals surface area (Å²) < 4.78 is 4.83. The summed E-state index contributed by atoms with van der Waals surface area (Å²) in [5.41, 5.74) is 0. The first-order valence-corrected chi connectivity index (χ1v) is 2.18. The molecule has 1 rings (SSSR count). The average Bonchev–Trinajstić information content (AvgIpc) is 2.14. The number of hydrogen-bond acceptors (Lipinski definition) is 3. The topological polar surface area (TPSA) is 45.0 Å². The van der Waals surface area contributed by atoms with Gasteiger partial charge in [-0.05, 0) is 0 Å². The van der Waals surface area contributed by atoms with Crippen molar-refractivity contribution in [1.29, 1.82) is 5.26 Å². The molecule has 0 amide bonds. The number of nitriles is 1. The Morgan fingerprint density at radius 3 is 3.00 bits per heavy atom. The van der Waals surface area contributed by atoms with E-state index in [1.165, 1.54) is 0 Å². The molecule has 0 bridgehead atoms. The van der Waals surface area contributed by atoms with Crippen LogP contribution in [0.15, 0.2) is 0 Å². The molecule has 1 unspecified atom stereocenters. The highest BCUT2D eigenvalue weighted by Gasteiger charge is 2.10. The van der Waals surface area contributed by atoms with Crippen LogP contribution in [0.3, 0.4) is 0 Å². The van der Waals surface area contributed by atoms with Crippen molar-refractivity contribution in [3.8, 4) is 6.07 Å². The lowest BCUT2D eigenvalue weighted by Gasteiger charge is -1.92. The Morgan fingerprint density at radius 2 is 2.71 bits per heavy atom. The third-order valence-corrected chi connectivity index (χ3v) is 0.834. The van der Waals surface area contributed by atoms with Gasteiger partial charge in [0, 0.05) is 6.54 Å². The molecule has 1 N–H and O–H groups in total. The lowest BCUT2D eigenvalue weighted by Crippen LogP contribution is -2.19. The molecule has 0 aliphatic carbocycles. The van der Waals surface area contributed by atoms with Crippen LogP contribution in [-0.4, -0.2) is 19.4 Å². The Balaban J connectivity index is 2.31. The van der Waals surface area contributed by atoms with Crippen LogP contribution >= 0.6 is 0 Å². The van der Waals surface area contributed by atoms with Crippen LogP contribution in [0.4, 0.5) is 0 Å². The minimum atomic E-state index is -0.347. The SMILES string of the molecule is N#CC1NCCO1. The molecule has 1 saturated heterocycles. The molecule has 1 fully saturated rings. The molecule has 1 aliphatic rings. The van der Waals surface area contributed by atoms with Gasteiger partial charge >= 0.3 is 0 Å². The van der Waals surface area contributed by atoms with Crippen molar-refractivity contribution >= 4 is 0 Å². The molecule has 0 aromatic carbocycles. The van der Waals surface area contributed by atoms with E-state index in [4.69, 9.17) is 10.00 Å². The van der Waals surface area contributed by atoms with Gasteiger partial charge < -0.3 is 4.74 Å². The van der Waals surface area contributed by atoms with Crippen LogP contribution in [-0.2, 0) is 4.74 Å². The van der Waals surface area contributed by atoms with Crippen LogP contribution in [0.25, 0.3) is 0 Å². The molecule has 38 valence electrons. The summed E-state index contributed by atoms with van der Waals surface area (Å²) in [5, 5.41) is 11.0. The van der Waals surface area contributed by atoms with Crippen LogP contribution in [0.1, 0.15) is 0 Å². The first kappa shape index (κ1) is 4.57. The van der Waals surface area contributed by atoms with Gasteiger partial charge in [0.1, 0.15) is 6.07 Å². The zero-order valence-corrected chi connectivity index (χ0v) is 3.85. The van der Waals surface area contributed by atoms with Crippen molar-refractivity contribution in [3.63, 3.8) is 0 Å². The van der Waals surface area contributed by atoms with Gasteiger partial charge in [0.05, 0.1) is 6.61 Å². The zero-order valence-electron chi connectivity index (χ0n) is 3.85. The van der Waals surface area contributed by atoms with Crippen molar-refractivity contribution < 1.29 is 4.74 Å². The van der Waals surface area contributed by atoms with Crippen LogP contribution < -0.4 is 5.32 Å². The van der Waals surface area contributed by atoms with Crippen LogP contribution in [0.2, 0.25) is 0 Å². The van der Waals surface area contributed by atoms with E-state index in [2.05, 4.69) is 5.32 Å². The lowest BCUT2D eigenvalue weighted by atomic mass is 10.6. The number of hydrogen-bond donors (Lipinski definition) is 1. The summed E-state index contributed by atoms with van der Waals surface area (Å²) in [6, 6.07) is 1.93. The van der Waals surface area contributed by atoms with Gasteiger partial charge in [-0.25, -0.2) is 0 Å². The van der Waals surface area contributed by atoms with Gasteiger partial charge in [-0.3, -0.25) is 5.32 Å². The highest BCUT2D eigenvalue weighted by Crippen LogP contribution is 1.90. The van der Waals surface area contributed by atoms with Crippen molar-refractivity contribution in [3.05, 3.63) is 0 Å². The van der Waals surface area contributed by atoms with Crippen LogP contribution in [0.5, 0.6) is 0 Å². The Morgan fingerprint density at radius 1 is 1.86 bits per heavy atom. The molecule has 0 aromatic rings. The standard InChI is InChI=1S/C4H6N2O/c5-3-4-6-1-2-7-4/h4,6H,1-2H2. The quantitative estimate of drug-likeness (QED) is 0.442. The van der Waals surface area contributed by atoms with Gasteiger partial charge in [0.15, 0.2) is 6.23 Å². The van der Waals surface area contributed by atoms with E-state index in [1.54, 1.807) is 0 Å². The maximum atomic E-state index is 8.13.